The molecule has 2 nitrogen and oxygen atoms in total. The molecule has 0 saturated carbocycles. The summed E-state index contributed by atoms with van der Waals surface area (Å²) in [4.78, 5) is 0. The van der Waals surface area contributed by atoms with Crippen molar-refractivity contribution >= 4 is 0 Å². The van der Waals surface area contributed by atoms with Crippen LogP contribution >= 0.6 is 0 Å². The van der Waals surface area contributed by atoms with E-state index in [0.717, 1.165) is 19.3 Å². The SMILES string of the molecule is C=CCCC1CCC(c2ccc(-c3ccc(-c4ccc(C5CO5)c(F)c4F)cc3)c(F)c2F)OC1. The summed E-state index contributed by atoms with van der Waals surface area (Å²) in [6.07, 6.45) is 4.45. The Morgan fingerprint density at radius 2 is 1.20 bits per heavy atom. The second kappa shape index (κ2) is 9.96. The fraction of sp³-hybridized carbons (Fsp3) is 0.310. The number of epoxide rings is 1. The predicted octanol–water partition coefficient (Wildman–Crippen LogP) is 8.08. The van der Waals surface area contributed by atoms with Gasteiger partial charge < -0.3 is 9.47 Å². The van der Waals surface area contributed by atoms with Gasteiger partial charge in [0, 0.05) is 22.3 Å². The van der Waals surface area contributed by atoms with E-state index in [0.29, 0.717) is 36.7 Å². The van der Waals surface area contributed by atoms with Crippen molar-refractivity contribution in [1.82, 2.24) is 0 Å². The van der Waals surface area contributed by atoms with E-state index in [2.05, 4.69) is 6.58 Å². The summed E-state index contributed by atoms with van der Waals surface area (Å²) < 4.78 is 70.0. The first-order valence-electron chi connectivity index (χ1n) is 11.9. The Labute approximate surface area is 202 Å². The molecule has 0 radical (unpaired) electrons. The van der Waals surface area contributed by atoms with Crippen LogP contribution in [0.1, 0.15) is 49.0 Å². The van der Waals surface area contributed by atoms with E-state index in [4.69, 9.17) is 9.47 Å². The third-order valence-electron chi connectivity index (χ3n) is 6.91. The van der Waals surface area contributed by atoms with Gasteiger partial charge in [0.1, 0.15) is 6.10 Å². The minimum atomic E-state index is -0.952. The van der Waals surface area contributed by atoms with E-state index in [9.17, 15) is 8.78 Å². The van der Waals surface area contributed by atoms with Crippen molar-refractivity contribution in [3.05, 3.63) is 95.6 Å². The molecule has 6 heteroatoms. The van der Waals surface area contributed by atoms with Gasteiger partial charge in [-0.1, -0.05) is 54.6 Å². The summed E-state index contributed by atoms with van der Waals surface area (Å²) in [7, 11) is 0. The number of ether oxygens (including phenoxy) is 2. The highest BCUT2D eigenvalue weighted by Crippen LogP contribution is 2.38. The van der Waals surface area contributed by atoms with E-state index in [1.165, 1.54) is 12.1 Å². The number of hydrogen-bond donors (Lipinski definition) is 0. The molecule has 2 aliphatic heterocycles. The normalized spacial score (nSPS) is 21.7. The Balaban J connectivity index is 1.34. The minimum absolute atomic E-state index is 0.0984. The standard InChI is InChI=1S/C29H26F4O2/c1-2-3-4-17-5-14-24(34-15-17)22-12-10-20(26(30)28(22)32)18-6-8-19(9-7-18)21-11-13-23(25-16-35-25)29(33)27(21)31/h2,6-13,17,24-25H,1,3-5,14-16H2. The zero-order valence-corrected chi connectivity index (χ0v) is 19.2. The first kappa shape index (κ1) is 23.8. The lowest BCUT2D eigenvalue weighted by Crippen LogP contribution is -2.21. The summed E-state index contributed by atoms with van der Waals surface area (Å²) in [5.74, 6) is -3.32. The first-order valence-corrected chi connectivity index (χ1v) is 11.9. The van der Waals surface area contributed by atoms with E-state index < -0.39 is 29.4 Å². The highest BCUT2D eigenvalue weighted by molar-refractivity contribution is 5.71. The second-order valence-corrected chi connectivity index (χ2v) is 9.19. The van der Waals surface area contributed by atoms with Crippen LogP contribution in [0.4, 0.5) is 17.6 Å². The maximum absolute atomic E-state index is 15.0. The van der Waals surface area contributed by atoms with Crippen LogP contribution in [0.15, 0.2) is 61.2 Å². The topological polar surface area (TPSA) is 21.8 Å². The van der Waals surface area contributed by atoms with E-state index >= 15 is 8.78 Å². The van der Waals surface area contributed by atoms with Crippen LogP contribution in [-0.4, -0.2) is 13.2 Å². The molecule has 5 rings (SSSR count). The quantitative estimate of drug-likeness (QED) is 0.193. The van der Waals surface area contributed by atoms with Crippen LogP contribution in [-0.2, 0) is 9.47 Å². The summed E-state index contributed by atoms with van der Waals surface area (Å²) >= 11 is 0. The maximum Gasteiger partial charge on any atom is 0.167 e. The van der Waals surface area contributed by atoms with Gasteiger partial charge in [0.25, 0.3) is 0 Å². The molecule has 35 heavy (non-hydrogen) atoms. The fourth-order valence-corrected chi connectivity index (χ4v) is 4.76. The van der Waals surface area contributed by atoms with Crippen LogP contribution in [0.3, 0.4) is 0 Å². The molecule has 3 atom stereocenters. The number of benzene rings is 3. The average Bonchev–Trinajstić information content (AvgIpc) is 3.72. The van der Waals surface area contributed by atoms with Crippen molar-refractivity contribution in [2.24, 2.45) is 5.92 Å². The summed E-state index contributed by atoms with van der Waals surface area (Å²) in [6.45, 7) is 4.64. The Morgan fingerprint density at radius 1 is 0.686 bits per heavy atom. The molecular formula is C29H26F4O2. The molecule has 3 unspecified atom stereocenters. The Kier molecular flexibility index (Phi) is 6.76. The van der Waals surface area contributed by atoms with Gasteiger partial charge in [-0.2, -0.15) is 0 Å². The molecule has 2 saturated heterocycles. The molecule has 0 bridgehead atoms. The van der Waals surface area contributed by atoms with Crippen LogP contribution in [0, 0.1) is 29.2 Å². The van der Waals surface area contributed by atoms with E-state index in [-0.39, 0.29) is 28.4 Å². The lowest BCUT2D eigenvalue weighted by atomic mass is 9.90. The number of hydrogen-bond acceptors (Lipinski definition) is 2. The molecule has 0 spiro atoms. The summed E-state index contributed by atoms with van der Waals surface area (Å²) in [5, 5.41) is 0. The maximum atomic E-state index is 15.0. The minimum Gasteiger partial charge on any atom is -0.373 e. The predicted molar refractivity (Wildman–Crippen MR) is 127 cm³/mol. The highest BCUT2D eigenvalue weighted by Gasteiger charge is 2.30. The lowest BCUT2D eigenvalue weighted by Gasteiger charge is -2.29. The third kappa shape index (κ3) is 4.78. The van der Waals surface area contributed by atoms with Crippen molar-refractivity contribution in [3.8, 4) is 22.3 Å². The molecule has 0 N–H and O–H groups in total. The van der Waals surface area contributed by atoms with Crippen LogP contribution in [0.5, 0.6) is 0 Å². The number of rotatable bonds is 7. The van der Waals surface area contributed by atoms with Gasteiger partial charge in [-0.15, -0.1) is 6.58 Å². The van der Waals surface area contributed by atoms with Gasteiger partial charge in [0.05, 0.1) is 19.3 Å². The fourth-order valence-electron chi connectivity index (χ4n) is 4.76. The van der Waals surface area contributed by atoms with Crippen LogP contribution in [0.25, 0.3) is 22.3 Å². The third-order valence-corrected chi connectivity index (χ3v) is 6.91. The first-order chi connectivity index (χ1) is 17.0. The smallest absolute Gasteiger partial charge is 0.167 e. The van der Waals surface area contributed by atoms with Crippen molar-refractivity contribution in [2.75, 3.05) is 13.2 Å². The Morgan fingerprint density at radius 3 is 1.66 bits per heavy atom. The molecule has 3 aromatic rings. The molecule has 0 aromatic heterocycles. The highest BCUT2D eigenvalue weighted by atomic mass is 19.2. The largest absolute Gasteiger partial charge is 0.373 e. The van der Waals surface area contributed by atoms with Crippen LogP contribution in [0.2, 0.25) is 0 Å². The lowest BCUT2D eigenvalue weighted by molar-refractivity contribution is -0.0210. The monoisotopic (exact) mass is 482 g/mol. The van der Waals surface area contributed by atoms with Gasteiger partial charge >= 0.3 is 0 Å². The number of allylic oxidation sites excluding steroid dienone is 1. The Hall–Kier alpha value is -2.96. The summed E-state index contributed by atoms with van der Waals surface area (Å²) in [6, 6.07) is 12.4. The van der Waals surface area contributed by atoms with Gasteiger partial charge in [-0.25, -0.2) is 17.6 Å². The molecule has 2 heterocycles. The van der Waals surface area contributed by atoms with Crippen molar-refractivity contribution in [3.63, 3.8) is 0 Å². The molecular weight excluding hydrogens is 456 g/mol. The van der Waals surface area contributed by atoms with Gasteiger partial charge in [-0.05, 0) is 42.7 Å². The molecule has 2 fully saturated rings. The van der Waals surface area contributed by atoms with E-state index in [1.54, 1.807) is 36.4 Å². The zero-order valence-electron chi connectivity index (χ0n) is 19.2. The summed E-state index contributed by atoms with van der Waals surface area (Å²) in [5.41, 5.74) is 1.51. The van der Waals surface area contributed by atoms with Crippen molar-refractivity contribution in [2.45, 2.75) is 37.9 Å². The molecule has 0 amide bonds. The van der Waals surface area contributed by atoms with Crippen LogP contribution < -0.4 is 0 Å². The molecule has 182 valence electrons. The van der Waals surface area contributed by atoms with Gasteiger partial charge in [0.2, 0.25) is 0 Å². The van der Waals surface area contributed by atoms with Gasteiger partial charge in [0.15, 0.2) is 23.3 Å². The van der Waals surface area contributed by atoms with Crippen molar-refractivity contribution in [1.29, 1.82) is 0 Å². The van der Waals surface area contributed by atoms with Gasteiger partial charge in [-0.3, -0.25) is 0 Å². The average molecular weight is 483 g/mol. The second-order valence-electron chi connectivity index (χ2n) is 9.19. The molecule has 3 aromatic carbocycles. The number of halogens is 4. The molecule has 2 aliphatic rings. The van der Waals surface area contributed by atoms with Crippen molar-refractivity contribution < 1.29 is 27.0 Å². The Bertz CT molecular complexity index is 1230. The molecule has 0 aliphatic carbocycles. The van der Waals surface area contributed by atoms with E-state index in [1.807, 2.05) is 6.08 Å². The zero-order chi connectivity index (χ0) is 24.5.